The maximum absolute atomic E-state index is 12.4. The number of carbonyl (C=O) groups is 1. The molecule has 0 atom stereocenters. The van der Waals surface area contributed by atoms with E-state index >= 15 is 0 Å². The largest absolute Gasteiger partial charge is 0.465 e. The standard InChI is InChI=1S/C20H17F2N3O5S/c1-2-29-18(26)12-31-20-23-11-17(13-4-3-5-15(10-13)25(27)28)24(20)14-6-8-16(9-7-14)30-19(21)22/h3-11,19H,2,12H2,1H3. The lowest BCUT2D eigenvalue weighted by Gasteiger charge is -2.13. The molecule has 0 amide bonds. The molecule has 0 bridgehead atoms. The van der Waals surface area contributed by atoms with E-state index in [4.69, 9.17) is 4.74 Å². The predicted molar refractivity (Wildman–Crippen MR) is 110 cm³/mol. The molecule has 3 rings (SSSR count). The molecule has 0 spiro atoms. The van der Waals surface area contributed by atoms with Crippen molar-refractivity contribution in [3.8, 4) is 22.7 Å². The van der Waals surface area contributed by atoms with Crippen molar-refractivity contribution in [3.05, 3.63) is 64.8 Å². The molecule has 8 nitrogen and oxygen atoms in total. The SMILES string of the molecule is CCOC(=O)CSc1ncc(-c2cccc([N+](=O)[O-])c2)n1-c1ccc(OC(F)F)cc1. The number of alkyl halides is 2. The van der Waals surface area contributed by atoms with Crippen LogP contribution >= 0.6 is 11.8 Å². The van der Waals surface area contributed by atoms with E-state index < -0.39 is 17.5 Å². The fourth-order valence-electron chi connectivity index (χ4n) is 2.77. The highest BCUT2D eigenvalue weighted by Crippen LogP contribution is 2.32. The number of non-ortho nitro benzene ring substituents is 1. The summed E-state index contributed by atoms with van der Waals surface area (Å²) in [6, 6.07) is 11.9. The van der Waals surface area contributed by atoms with Gasteiger partial charge in [-0.1, -0.05) is 23.9 Å². The highest BCUT2D eigenvalue weighted by atomic mass is 32.2. The number of halogens is 2. The van der Waals surface area contributed by atoms with Crippen molar-refractivity contribution in [3.63, 3.8) is 0 Å². The molecule has 31 heavy (non-hydrogen) atoms. The second kappa shape index (κ2) is 10.0. The summed E-state index contributed by atoms with van der Waals surface area (Å²) in [5.41, 5.74) is 1.51. The number of nitrogens with zero attached hydrogens (tertiary/aromatic N) is 3. The quantitative estimate of drug-likeness (QED) is 0.202. The Balaban J connectivity index is 2.02. The van der Waals surface area contributed by atoms with Gasteiger partial charge in [0.25, 0.3) is 5.69 Å². The topological polar surface area (TPSA) is 96.5 Å². The number of hydrogen-bond donors (Lipinski definition) is 0. The number of nitro benzene ring substituents is 1. The van der Waals surface area contributed by atoms with Gasteiger partial charge in [0.15, 0.2) is 5.16 Å². The number of carbonyl (C=O) groups excluding carboxylic acids is 1. The fraction of sp³-hybridized carbons (Fsp3) is 0.200. The zero-order valence-corrected chi connectivity index (χ0v) is 17.1. The van der Waals surface area contributed by atoms with Crippen LogP contribution in [0.1, 0.15) is 6.92 Å². The molecule has 0 aliphatic heterocycles. The summed E-state index contributed by atoms with van der Waals surface area (Å²) < 4.78 is 35.9. The lowest BCUT2D eigenvalue weighted by Crippen LogP contribution is -2.08. The number of nitro groups is 1. The van der Waals surface area contributed by atoms with Gasteiger partial charge in [-0.3, -0.25) is 19.5 Å². The molecule has 0 saturated heterocycles. The molecule has 0 unspecified atom stereocenters. The van der Waals surface area contributed by atoms with Crippen LogP contribution in [0.2, 0.25) is 0 Å². The van der Waals surface area contributed by atoms with Crippen molar-refractivity contribution < 1.29 is 28.0 Å². The van der Waals surface area contributed by atoms with Crippen LogP contribution in [0.4, 0.5) is 14.5 Å². The Bertz CT molecular complexity index is 1070. The van der Waals surface area contributed by atoms with E-state index in [-0.39, 0.29) is 23.8 Å². The Morgan fingerprint density at radius 1 is 1.26 bits per heavy atom. The maximum Gasteiger partial charge on any atom is 0.387 e. The van der Waals surface area contributed by atoms with Crippen LogP contribution < -0.4 is 4.74 Å². The van der Waals surface area contributed by atoms with Crippen molar-refractivity contribution in [2.75, 3.05) is 12.4 Å². The molecule has 11 heteroatoms. The Morgan fingerprint density at radius 3 is 2.65 bits per heavy atom. The normalized spacial score (nSPS) is 10.8. The zero-order valence-electron chi connectivity index (χ0n) is 16.2. The molecular weight excluding hydrogens is 432 g/mol. The predicted octanol–water partition coefficient (Wildman–Crippen LogP) is 4.70. The Labute approximate surface area is 180 Å². The van der Waals surface area contributed by atoms with Crippen molar-refractivity contribution >= 4 is 23.4 Å². The van der Waals surface area contributed by atoms with E-state index in [9.17, 15) is 23.7 Å². The summed E-state index contributed by atoms with van der Waals surface area (Å²) in [5, 5.41) is 11.6. The smallest absolute Gasteiger partial charge is 0.387 e. The van der Waals surface area contributed by atoms with Crippen molar-refractivity contribution in [2.24, 2.45) is 0 Å². The number of hydrogen-bond acceptors (Lipinski definition) is 7. The number of ether oxygens (including phenoxy) is 2. The Kier molecular flexibility index (Phi) is 7.19. The maximum atomic E-state index is 12.4. The van der Waals surface area contributed by atoms with Crippen molar-refractivity contribution in [1.82, 2.24) is 9.55 Å². The van der Waals surface area contributed by atoms with E-state index in [1.807, 2.05) is 0 Å². The minimum absolute atomic E-state index is 0.00576. The minimum atomic E-state index is -2.95. The van der Waals surface area contributed by atoms with Gasteiger partial charge in [-0.25, -0.2) is 4.98 Å². The minimum Gasteiger partial charge on any atom is -0.465 e. The first-order valence-electron chi connectivity index (χ1n) is 9.05. The van der Waals surface area contributed by atoms with E-state index in [1.54, 1.807) is 35.8 Å². The Morgan fingerprint density at radius 2 is 2.00 bits per heavy atom. The highest BCUT2D eigenvalue weighted by Gasteiger charge is 2.18. The lowest BCUT2D eigenvalue weighted by atomic mass is 10.1. The average Bonchev–Trinajstić information content (AvgIpc) is 3.16. The van der Waals surface area contributed by atoms with Crippen LogP contribution in [0.15, 0.2) is 59.9 Å². The summed E-state index contributed by atoms with van der Waals surface area (Å²) >= 11 is 1.12. The van der Waals surface area contributed by atoms with Gasteiger partial charge in [0, 0.05) is 23.4 Å². The molecule has 162 valence electrons. The first kappa shape index (κ1) is 22.2. The first-order chi connectivity index (χ1) is 14.9. The number of rotatable bonds is 9. The highest BCUT2D eigenvalue weighted by molar-refractivity contribution is 7.99. The van der Waals surface area contributed by atoms with Gasteiger partial charge < -0.3 is 9.47 Å². The third-order valence-electron chi connectivity index (χ3n) is 4.03. The lowest BCUT2D eigenvalue weighted by molar-refractivity contribution is -0.384. The van der Waals surface area contributed by atoms with Gasteiger partial charge in [-0.2, -0.15) is 8.78 Å². The number of thioether (sulfide) groups is 1. The van der Waals surface area contributed by atoms with Crippen molar-refractivity contribution in [2.45, 2.75) is 18.7 Å². The van der Waals surface area contributed by atoms with Crippen LogP contribution in [0.3, 0.4) is 0 Å². The van der Waals surface area contributed by atoms with E-state index in [1.165, 1.54) is 30.5 Å². The summed E-state index contributed by atoms with van der Waals surface area (Å²) in [5.74, 6) is -0.428. The molecule has 3 aromatic rings. The molecule has 0 aliphatic carbocycles. The second-order valence-corrected chi connectivity index (χ2v) is 6.98. The average molecular weight is 449 g/mol. The summed E-state index contributed by atoms with van der Waals surface area (Å²) in [6.07, 6.45) is 1.52. The van der Waals surface area contributed by atoms with Crippen LogP contribution in [0.5, 0.6) is 5.75 Å². The molecule has 2 aromatic carbocycles. The Hall–Kier alpha value is -3.47. The van der Waals surface area contributed by atoms with Crippen LogP contribution in [0.25, 0.3) is 16.9 Å². The van der Waals surface area contributed by atoms with Crippen molar-refractivity contribution in [1.29, 1.82) is 0 Å². The van der Waals surface area contributed by atoms with E-state index in [0.717, 1.165) is 11.8 Å². The summed E-state index contributed by atoms with van der Waals surface area (Å²) in [4.78, 5) is 26.8. The molecule has 1 heterocycles. The van der Waals surface area contributed by atoms with Gasteiger partial charge in [-0.05, 0) is 31.2 Å². The zero-order chi connectivity index (χ0) is 22.4. The third-order valence-corrected chi connectivity index (χ3v) is 4.95. The monoisotopic (exact) mass is 449 g/mol. The molecule has 0 radical (unpaired) electrons. The summed E-state index contributed by atoms with van der Waals surface area (Å²) in [6.45, 7) is -0.999. The number of aromatic nitrogens is 2. The van der Waals surface area contributed by atoms with E-state index in [2.05, 4.69) is 9.72 Å². The van der Waals surface area contributed by atoms with Crippen LogP contribution in [-0.2, 0) is 9.53 Å². The number of imidazole rings is 1. The van der Waals surface area contributed by atoms with Gasteiger partial charge in [0.1, 0.15) is 5.75 Å². The molecule has 0 saturated carbocycles. The molecule has 1 aromatic heterocycles. The molecular formula is C20H17F2N3O5S. The number of esters is 1. The number of benzene rings is 2. The first-order valence-corrected chi connectivity index (χ1v) is 10.0. The fourth-order valence-corrected chi connectivity index (χ4v) is 3.56. The molecule has 0 fully saturated rings. The van der Waals surface area contributed by atoms with Gasteiger partial charge >= 0.3 is 12.6 Å². The van der Waals surface area contributed by atoms with Crippen LogP contribution in [0, 0.1) is 10.1 Å². The molecule has 0 aliphatic rings. The second-order valence-electron chi connectivity index (χ2n) is 6.03. The summed E-state index contributed by atoms with van der Waals surface area (Å²) in [7, 11) is 0. The van der Waals surface area contributed by atoms with Gasteiger partial charge in [0.05, 0.1) is 29.2 Å². The molecule has 0 N–H and O–H groups in total. The van der Waals surface area contributed by atoms with E-state index in [0.29, 0.717) is 22.1 Å². The third kappa shape index (κ3) is 5.57. The van der Waals surface area contributed by atoms with Crippen LogP contribution in [-0.4, -0.2) is 39.4 Å². The van der Waals surface area contributed by atoms with Gasteiger partial charge in [0.2, 0.25) is 0 Å². The van der Waals surface area contributed by atoms with Gasteiger partial charge in [-0.15, -0.1) is 0 Å².